The number of benzene rings is 2. The van der Waals surface area contributed by atoms with E-state index in [1.165, 1.54) is 16.8 Å². The van der Waals surface area contributed by atoms with E-state index in [2.05, 4.69) is 10.1 Å². The molecule has 0 unspecified atom stereocenters. The second-order valence-corrected chi connectivity index (χ2v) is 6.61. The van der Waals surface area contributed by atoms with Crippen molar-refractivity contribution in [3.8, 4) is 5.69 Å². The third-order valence-electron chi connectivity index (χ3n) is 4.03. The van der Waals surface area contributed by atoms with E-state index in [1.54, 1.807) is 37.3 Å². The maximum Gasteiger partial charge on any atom is 0.403 e. The number of hydrogen-bond acceptors (Lipinski definition) is 6. The highest BCUT2D eigenvalue weighted by atomic mass is 35.5. The Morgan fingerprint density at radius 3 is 2.11 bits per heavy atom. The molecule has 0 N–H and O–H groups in total. The largest absolute Gasteiger partial charge is 0.403 e. The highest BCUT2D eigenvalue weighted by molar-refractivity contribution is 6.37. The van der Waals surface area contributed by atoms with Crippen molar-refractivity contribution in [2.45, 2.75) is 6.92 Å². The lowest BCUT2D eigenvalue weighted by Gasteiger charge is -2.11. The zero-order valence-electron chi connectivity index (χ0n) is 14.2. The van der Waals surface area contributed by atoms with Gasteiger partial charge in [-0.05, 0) is 31.2 Å². The van der Waals surface area contributed by atoms with E-state index in [1.807, 2.05) is 0 Å². The number of rotatable bonds is 3. The van der Waals surface area contributed by atoms with Gasteiger partial charge >= 0.3 is 5.97 Å². The van der Waals surface area contributed by atoms with Crippen LogP contribution < -0.4 is 0 Å². The number of carbonyl (C=O) groups excluding carboxylic acids is 3. The summed E-state index contributed by atoms with van der Waals surface area (Å²) in [5.74, 6) is -2.59. The molecule has 0 saturated heterocycles. The number of halogens is 2. The van der Waals surface area contributed by atoms with Gasteiger partial charge in [0.2, 0.25) is 0 Å². The second-order valence-electron chi connectivity index (χ2n) is 5.79. The van der Waals surface area contributed by atoms with Crippen LogP contribution in [-0.4, -0.2) is 37.6 Å². The Bertz CT molecular complexity index is 1100. The predicted octanol–water partition coefficient (Wildman–Crippen LogP) is 3.25. The molecule has 4 rings (SSSR count). The van der Waals surface area contributed by atoms with E-state index >= 15 is 0 Å². The van der Waals surface area contributed by atoms with E-state index in [4.69, 9.17) is 28.0 Å². The summed E-state index contributed by atoms with van der Waals surface area (Å²) in [5, 5.41) is 5.06. The van der Waals surface area contributed by atoms with E-state index in [-0.39, 0.29) is 17.0 Å². The summed E-state index contributed by atoms with van der Waals surface area (Å²) in [6.07, 6.45) is 0. The van der Waals surface area contributed by atoms with Gasteiger partial charge in [0.15, 0.2) is 0 Å². The molecule has 1 aliphatic rings. The van der Waals surface area contributed by atoms with E-state index in [9.17, 15) is 14.4 Å². The second kappa shape index (κ2) is 6.74. The number of carbonyl (C=O) groups is 3. The zero-order chi connectivity index (χ0) is 20.0. The van der Waals surface area contributed by atoms with Gasteiger partial charge in [-0.15, -0.1) is 5.10 Å². The van der Waals surface area contributed by atoms with Gasteiger partial charge in [-0.2, -0.15) is 0 Å². The van der Waals surface area contributed by atoms with Crippen LogP contribution in [0, 0.1) is 6.92 Å². The lowest BCUT2D eigenvalue weighted by Crippen LogP contribution is -2.33. The number of aromatic nitrogens is 3. The van der Waals surface area contributed by atoms with Crippen LogP contribution in [0.5, 0.6) is 0 Å². The van der Waals surface area contributed by atoms with Gasteiger partial charge in [0, 0.05) is 0 Å². The van der Waals surface area contributed by atoms with E-state index in [0.717, 1.165) is 0 Å². The van der Waals surface area contributed by atoms with Crippen LogP contribution in [0.3, 0.4) is 0 Å². The molecular formula is C18H10Cl2N4O4. The summed E-state index contributed by atoms with van der Waals surface area (Å²) in [5.41, 5.74) is 0.645. The predicted molar refractivity (Wildman–Crippen MR) is 98.5 cm³/mol. The van der Waals surface area contributed by atoms with Crippen molar-refractivity contribution in [3.05, 3.63) is 75.3 Å². The van der Waals surface area contributed by atoms with Gasteiger partial charge in [0.1, 0.15) is 11.5 Å². The Balaban J connectivity index is 1.63. The topological polar surface area (TPSA) is 94.4 Å². The molecule has 3 aromatic rings. The van der Waals surface area contributed by atoms with Gasteiger partial charge in [0.05, 0.1) is 21.2 Å². The van der Waals surface area contributed by atoms with Gasteiger partial charge in [-0.3, -0.25) is 9.59 Å². The van der Waals surface area contributed by atoms with E-state index < -0.39 is 17.8 Å². The van der Waals surface area contributed by atoms with Crippen molar-refractivity contribution in [2.24, 2.45) is 0 Å². The molecule has 0 radical (unpaired) electrons. The first-order valence-corrected chi connectivity index (χ1v) is 8.72. The molecule has 10 heteroatoms. The third kappa shape index (κ3) is 2.83. The fraction of sp³-hybridized carbons (Fsp3) is 0.0556. The minimum Gasteiger partial charge on any atom is -0.321 e. The number of hydroxylamine groups is 2. The number of para-hydroxylation sites is 1. The molecule has 2 aromatic carbocycles. The van der Waals surface area contributed by atoms with Gasteiger partial charge < -0.3 is 4.84 Å². The number of amides is 2. The van der Waals surface area contributed by atoms with Gasteiger partial charge in [0.25, 0.3) is 17.6 Å². The molecule has 0 saturated carbocycles. The number of imide groups is 1. The number of hydrogen-bond donors (Lipinski definition) is 0. The van der Waals surface area contributed by atoms with Crippen molar-refractivity contribution in [3.63, 3.8) is 0 Å². The molecule has 0 spiro atoms. The van der Waals surface area contributed by atoms with Crippen LogP contribution in [0.1, 0.15) is 37.2 Å². The number of fused-ring (bicyclic) bond motifs is 1. The summed E-state index contributed by atoms with van der Waals surface area (Å²) in [7, 11) is 0. The first-order chi connectivity index (χ1) is 13.4. The fourth-order valence-electron chi connectivity index (χ4n) is 2.75. The molecule has 0 bridgehead atoms. The fourth-order valence-corrected chi connectivity index (χ4v) is 3.31. The minimum atomic E-state index is -1.07. The molecule has 0 aliphatic carbocycles. The van der Waals surface area contributed by atoms with Crippen LogP contribution in [0.15, 0.2) is 42.5 Å². The minimum absolute atomic E-state index is 0.151. The zero-order valence-corrected chi connectivity index (χ0v) is 15.7. The molecule has 2 heterocycles. The van der Waals surface area contributed by atoms with Gasteiger partial charge in [-0.25, -0.2) is 14.5 Å². The molecule has 1 aliphatic heterocycles. The van der Waals surface area contributed by atoms with Crippen molar-refractivity contribution in [1.82, 2.24) is 19.8 Å². The molecule has 0 fully saturated rings. The summed E-state index contributed by atoms with van der Waals surface area (Å²) in [4.78, 5) is 46.0. The Labute approximate surface area is 168 Å². The first-order valence-electron chi connectivity index (χ1n) is 7.96. The van der Waals surface area contributed by atoms with Gasteiger partial charge in [-0.1, -0.05) is 46.5 Å². The van der Waals surface area contributed by atoms with Crippen LogP contribution >= 0.6 is 23.2 Å². The first kappa shape index (κ1) is 18.1. The Kier molecular flexibility index (Phi) is 4.37. The summed E-state index contributed by atoms with van der Waals surface area (Å²) in [6.45, 7) is 1.59. The molecule has 0 atom stereocenters. The highest BCUT2D eigenvalue weighted by Gasteiger charge is 2.39. The third-order valence-corrected chi connectivity index (χ3v) is 4.64. The molecule has 1 aromatic heterocycles. The maximum absolute atomic E-state index is 12.4. The van der Waals surface area contributed by atoms with Crippen molar-refractivity contribution >= 4 is 41.0 Å². The average Bonchev–Trinajstić information content (AvgIpc) is 3.16. The Morgan fingerprint density at radius 2 is 1.54 bits per heavy atom. The lowest BCUT2D eigenvalue weighted by molar-refractivity contribution is -0.0592. The normalized spacial score (nSPS) is 13.0. The van der Waals surface area contributed by atoms with Crippen LogP contribution in [0.25, 0.3) is 5.69 Å². The monoisotopic (exact) mass is 416 g/mol. The average molecular weight is 417 g/mol. The lowest BCUT2D eigenvalue weighted by atomic mass is 10.1. The highest BCUT2D eigenvalue weighted by Crippen LogP contribution is 2.29. The van der Waals surface area contributed by atoms with Crippen molar-refractivity contribution < 1.29 is 19.2 Å². The maximum atomic E-state index is 12.4. The summed E-state index contributed by atoms with van der Waals surface area (Å²) < 4.78 is 1.28. The summed E-state index contributed by atoms with van der Waals surface area (Å²) in [6, 6.07) is 11.0. The number of nitrogens with zero attached hydrogens (tertiary/aromatic N) is 4. The standard InChI is InChI=1S/C18H10Cl2N4O4/c1-9-21-15(22-23(9)14-12(19)7-4-8-13(14)20)18(27)28-24-16(25)10-5-2-3-6-11(10)17(24)26/h2-8H,1H3. The van der Waals surface area contributed by atoms with E-state index in [0.29, 0.717) is 26.6 Å². The van der Waals surface area contributed by atoms with Crippen molar-refractivity contribution in [1.29, 1.82) is 0 Å². The van der Waals surface area contributed by atoms with Crippen LogP contribution in [-0.2, 0) is 4.84 Å². The quantitative estimate of drug-likeness (QED) is 0.608. The van der Waals surface area contributed by atoms with Crippen LogP contribution in [0.2, 0.25) is 10.0 Å². The molecule has 8 nitrogen and oxygen atoms in total. The Morgan fingerprint density at radius 1 is 0.964 bits per heavy atom. The molecule has 28 heavy (non-hydrogen) atoms. The molecular weight excluding hydrogens is 407 g/mol. The molecule has 140 valence electrons. The summed E-state index contributed by atoms with van der Waals surface area (Å²) >= 11 is 12.3. The molecule has 2 amide bonds. The SMILES string of the molecule is Cc1nc(C(=O)ON2C(=O)c3ccccc3C2=O)nn1-c1c(Cl)cccc1Cl. The smallest absolute Gasteiger partial charge is 0.321 e. The van der Waals surface area contributed by atoms with Crippen molar-refractivity contribution in [2.75, 3.05) is 0 Å². The number of aryl methyl sites for hydroxylation is 1. The Hall–Kier alpha value is -3.23. The van der Waals surface area contributed by atoms with Crippen LogP contribution in [0.4, 0.5) is 0 Å².